The van der Waals surface area contributed by atoms with Crippen LogP contribution in [0.4, 0.5) is 0 Å². The molecule has 1 aliphatic heterocycles. The Hall–Kier alpha value is -1.40. The quantitative estimate of drug-likeness (QED) is 0.876. The minimum absolute atomic E-state index is 0.240. The second-order valence-corrected chi connectivity index (χ2v) is 5.18. The third kappa shape index (κ3) is 3.78. The summed E-state index contributed by atoms with van der Waals surface area (Å²) in [7, 11) is 0. The summed E-state index contributed by atoms with van der Waals surface area (Å²) in [6, 6.07) is 1.62. The number of aromatic nitrogens is 1. The van der Waals surface area contributed by atoms with Gasteiger partial charge in [0, 0.05) is 19.0 Å². The van der Waals surface area contributed by atoms with Crippen molar-refractivity contribution in [2.75, 3.05) is 19.8 Å². The second kappa shape index (κ2) is 5.71. The van der Waals surface area contributed by atoms with E-state index < -0.39 is 5.79 Å². The van der Waals surface area contributed by atoms with Gasteiger partial charge in [-0.25, -0.2) is 0 Å². The summed E-state index contributed by atoms with van der Waals surface area (Å²) in [5.74, 6) is -0.279. The van der Waals surface area contributed by atoms with Crippen molar-refractivity contribution in [3.8, 4) is 0 Å². The molecule has 0 radical (unpaired) electrons. The molecule has 0 saturated carbocycles. The highest BCUT2D eigenvalue weighted by atomic mass is 16.7. The van der Waals surface area contributed by atoms with E-state index in [4.69, 9.17) is 14.0 Å². The highest BCUT2D eigenvalue weighted by Crippen LogP contribution is 2.26. The van der Waals surface area contributed by atoms with Gasteiger partial charge in [-0.15, -0.1) is 0 Å². The number of hydrogen-bond donors (Lipinski definition) is 1. The molecule has 6 nitrogen and oxygen atoms in total. The molecule has 1 amide bonds. The lowest BCUT2D eigenvalue weighted by Crippen LogP contribution is -2.34. The van der Waals surface area contributed by atoms with E-state index in [-0.39, 0.29) is 17.6 Å². The van der Waals surface area contributed by atoms with Crippen LogP contribution in [0.25, 0.3) is 0 Å². The topological polar surface area (TPSA) is 73.6 Å². The zero-order valence-electron chi connectivity index (χ0n) is 11.6. The summed E-state index contributed by atoms with van der Waals surface area (Å²) in [6.45, 7) is 7.56. The van der Waals surface area contributed by atoms with Gasteiger partial charge in [-0.2, -0.15) is 0 Å². The van der Waals surface area contributed by atoms with Gasteiger partial charge in [-0.05, 0) is 19.8 Å². The number of ether oxygens (including phenoxy) is 2. The highest BCUT2D eigenvalue weighted by Gasteiger charge is 2.32. The average Bonchev–Trinajstić information content (AvgIpc) is 2.95. The normalized spacial score (nSPS) is 19.3. The fourth-order valence-corrected chi connectivity index (χ4v) is 2.20. The van der Waals surface area contributed by atoms with Gasteiger partial charge < -0.3 is 19.3 Å². The van der Waals surface area contributed by atoms with E-state index >= 15 is 0 Å². The molecule has 1 fully saturated rings. The number of rotatable bonds is 5. The zero-order valence-corrected chi connectivity index (χ0v) is 11.6. The summed E-state index contributed by atoms with van der Waals surface area (Å²) in [4.78, 5) is 11.8. The Morgan fingerprint density at radius 1 is 1.53 bits per heavy atom. The Balaban J connectivity index is 1.77. The Labute approximate surface area is 112 Å². The number of aryl methyl sites for hydroxylation is 1. The van der Waals surface area contributed by atoms with E-state index in [1.807, 2.05) is 13.8 Å². The molecule has 1 N–H and O–H groups in total. The molecular weight excluding hydrogens is 248 g/mol. The van der Waals surface area contributed by atoms with Crippen molar-refractivity contribution in [2.24, 2.45) is 5.92 Å². The molecule has 0 spiro atoms. The van der Waals surface area contributed by atoms with Gasteiger partial charge in [-0.3, -0.25) is 4.79 Å². The largest absolute Gasteiger partial charge is 0.351 e. The third-order valence-electron chi connectivity index (χ3n) is 3.08. The molecule has 0 aromatic carbocycles. The highest BCUT2D eigenvalue weighted by molar-refractivity contribution is 5.91. The van der Waals surface area contributed by atoms with Crippen LogP contribution in [-0.2, 0) is 9.47 Å². The summed E-state index contributed by atoms with van der Waals surface area (Å²) < 4.78 is 16.0. The van der Waals surface area contributed by atoms with Crippen LogP contribution in [0.5, 0.6) is 0 Å². The lowest BCUT2D eigenvalue weighted by atomic mass is 10.0. The molecular formula is C13H20N2O4. The summed E-state index contributed by atoms with van der Waals surface area (Å²) in [5, 5.41) is 6.50. The maximum absolute atomic E-state index is 11.8. The van der Waals surface area contributed by atoms with Crippen molar-refractivity contribution in [2.45, 2.75) is 33.0 Å². The number of carbonyl (C=O) groups is 1. The molecule has 2 rings (SSSR count). The smallest absolute Gasteiger partial charge is 0.289 e. The lowest BCUT2D eigenvalue weighted by molar-refractivity contribution is -0.153. The summed E-state index contributed by atoms with van der Waals surface area (Å²) in [5.41, 5.74) is 0.693. The number of nitrogens with one attached hydrogen (secondary N) is 1. The summed E-state index contributed by atoms with van der Waals surface area (Å²) >= 11 is 0. The van der Waals surface area contributed by atoms with Crippen LogP contribution in [0.15, 0.2) is 10.6 Å². The Bertz CT molecular complexity index is 438. The van der Waals surface area contributed by atoms with E-state index in [2.05, 4.69) is 10.5 Å². The molecule has 106 valence electrons. The van der Waals surface area contributed by atoms with E-state index in [1.54, 1.807) is 13.0 Å². The number of hydrogen-bond acceptors (Lipinski definition) is 5. The molecule has 1 aromatic heterocycles. The molecule has 0 aliphatic carbocycles. The van der Waals surface area contributed by atoms with E-state index in [0.29, 0.717) is 25.5 Å². The first-order chi connectivity index (χ1) is 8.98. The minimum Gasteiger partial charge on any atom is -0.351 e. The molecule has 1 atom stereocenters. The van der Waals surface area contributed by atoms with Gasteiger partial charge in [0.2, 0.25) is 5.76 Å². The van der Waals surface area contributed by atoms with Gasteiger partial charge in [0.25, 0.3) is 5.91 Å². The van der Waals surface area contributed by atoms with E-state index in [1.165, 1.54) is 0 Å². The Morgan fingerprint density at radius 2 is 2.21 bits per heavy atom. The van der Waals surface area contributed by atoms with Crippen molar-refractivity contribution in [3.05, 3.63) is 17.5 Å². The SMILES string of the molecule is Cc1cc(C(=O)NCC(C)CC2(C)OCCO2)on1. The van der Waals surface area contributed by atoms with Gasteiger partial charge in [0.05, 0.1) is 18.9 Å². The first-order valence-corrected chi connectivity index (χ1v) is 6.48. The standard InChI is InChI=1S/C13H20N2O4/c1-9(7-13(3)17-4-5-18-13)8-14-12(16)11-6-10(2)15-19-11/h6,9H,4-5,7-8H2,1-3H3,(H,14,16). The van der Waals surface area contributed by atoms with Crippen LogP contribution in [0.2, 0.25) is 0 Å². The maximum atomic E-state index is 11.8. The number of carbonyl (C=O) groups excluding carboxylic acids is 1. The fraction of sp³-hybridized carbons (Fsp3) is 0.692. The van der Waals surface area contributed by atoms with Crippen LogP contribution in [0.1, 0.15) is 36.5 Å². The maximum Gasteiger partial charge on any atom is 0.289 e. The zero-order chi connectivity index (χ0) is 13.9. The molecule has 1 unspecified atom stereocenters. The van der Waals surface area contributed by atoms with Crippen LogP contribution in [0.3, 0.4) is 0 Å². The van der Waals surface area contributed by atoms with Crippen molar-refractivity contribution >= 4 is 5.91 Å². The second-order valence-electron chi connectivity index (χ2n) is 5.18. The number of nitrogens with zero attached hydrogens (tertiary/aromatic N) is 1. The number of amides is 1. The molecule has 19 heavy (non-hydrogen) atoms. The van der Waals surface area contributed by atoms with Crippen molar-refractivity contribution in [1.29, 1.82) is 0 Å². The van der Waals surface area contributed by atoms with Crippen LogP contribution >= 0.6 is 0 Å². The Morgan fingerprint density at radius 3 is 2.79 bits per heavy atom. The van der Waals surface area contributed by atoms with Crippen LogP contribution in [0, 0.1) is 12.8 Å². The van der Waals surface area contributed by atoms with E-state index in [0.717, 1.165) is 6.42 Å². The molecule has 1 saturated heterocycles. The van der Waals surface area contributed by atoms with Gasteiger partial charge in [0.1, 0.15) is 0 Å². The van der Waals surface area contributed by atoms with Crippen molar-refractivity contribution in [3.63, 3.8) is 0 Å². The average molecular weight is 268 g/mol. The molecule has 1 aromatic rings. The van der Waals surface area contributed by atoms with Crippen molar-refractivity contribution in [1.82, 2.24) is 10.5 Å². The van der Waals surface area contributed by atoms with Crippen molar-refractivity contribution < 1.29 is 18.8 Å². The third-order valence-corrected chi connectivity index (χ3v) is 3.08. The van der Waals surface area contributed by atoms with Crippen LogP contribution < -0.4 is 5.32 Å². The van der Waals surface area contributed by atoms with Gasteiger partial charge >= 0.3 is 0 Å². The predicted octanol–water partition coefficient (Wildman–Crippen LogP) is 1.50. The first kappa shape index (κ1) is 14.0. The molecule has 0 bridgehead atoms. The predicted molar refractivity (Wildman–Crippen MR) is 67.7 cm³/mol. The fourth-order valence-electron chi connectivity index (χ4n) is 2.20. The van der Waals surface area contributed by atoms with E-state index in [9.17, 15) is 4.79 Å². The van der Waals surface area contributed by atoms with Crippen LogP contribution in [-0.4, -0.2) is 36.6 Å². The first-order valence-electron chi connectivity index (χ1n) is 6.48. The molecule has 1 aliphatic rings. The van der Waals surface area contributed by atoms with Gasteiger partial charge in [0.15, 0.2) is 5.79 Å². The Kier molecular flexibility index (Phi) is 4.21. The lowest BCUT2D eigenvalue weighted by Gasteiger charge is -2.25. The minimum atomic E-state index is -0.521. The molecule has 2 heterocycles. The van der Waals surface area contributed by atoms with Gasteiger partial charge in [-0.1, -0.05) is 12.1 Å². The molecule has 6 heteroatoms. The summed E-state index contributed by atoms with van der Waals surface area (Å²) in [6.07, 6.45) is 0.739. The monoisotopic (exact) mass is 268 g/mol.